The van der Waals surface area contributed by atoms with Gasteiger partial charge < -0.3 is 9.64 Å². The van der Waals surface area contributed by atoms with E-state index in [1.807, 2.05) is 30.4 Å². The second-order valence-corrected chi connectivity index (χ2v) is 7.20. The van der Waals surface area contributed by atoms with E-state index in [0.29, 0.717) is 17.7 Å². The molecule has 0 bridgehead atoms. The summed E-state index contributed by atoms with van der Waals surface area (Å²) in [6, 6.07) is 15.1. The Balaban J connectivity index is 1.27. The van der Waals surface area contributed by atoms with Gasteiger partial charge >= 0.3 is 0 Å². The fourth-order valence-corrected chi connectivity index (χ4v) is 3.87. The number of hydrogen-bond donors (Lipinski definition) is 0. The van der Waals surface area contributed by atoms with E-state index in [0.717, 1.165) is 44.2 Å². The number of nitrogens with zero attached hydrogens (tertiary/aromatic N) is 3. The number of ether oxygens (including phenoxy) is 1. The third-order valence-electron chi connectivity index (χ3n) is 5.49. The Hall–Kier alpha value is -3.12. The summed E-state index contributed by atoms with van der Waals surface area (Å²) >= 11 is 0. The van der Waals surface area contributed by atoms with Gasteiger partial charge in [0.2, 0.25) is 0 Å². The van der Waals surface area contributed by atoms with Gasteiger partial charge in [-0.3, -0.25) is 19.4 Å². The van der Waals surface area contributed by atoms with Crippen LogP contribution in [0, 0.1) is 0 Å². The quantitative estimate of drug-likeness (QED) is 0.560. The Labute approximate surface area is 171 Å². The summed E-state index contributed by atoms with van der Waals surface area (Å²) < 4.78 is 5.47. The van der Waals surface area contributed by atoms with E-state index in [1.54, 1.807) is 31.4 Å². The first-order valence-electron chi connectivity index (χ1n) is 9.89. The van der Waals surface area contributed by atoms with Crippen LogP contribution in [0.15, 0.2) is 60.7 Å². The number of para-hydroxylation sites is 2. The van der Waals surface area contributed by atoms with Gasteiger partial charge in [-0.05, 0) is 24.3 Å². The van der Waals surface area contributed by atoms with Gasteiger partial charge in [0.1, 0.15) is 5.75 Å². The molecule has 2 aromatic carbocycles. The van der Waals surface area contributed by atoms with Gasteiger partial charge in [-0.1, -0.05) is 36.4 Å². The minimum atomic E-state index is -0.208. The van der Waals surface area contributed by atoms with E-state index in [2.05, 4.69) is 15.9 Å². The first-order valence-corrected chi connectivity index (χ1v) is 9.89. The Morgan fingerprint density at radius 2 is 1.41 bits per heavy atom. The molecular weight excluding hydrogens is 366 g/mol. The normalized spacial score (nSPS) is 17.3. The van der Waals surface area contributed by atoms with Gasteiger partial charge in [0.15, 0.2) is 0 Å². The fraction of sp³-hybridized carbons (Fsp3) is 0.304. The summed E-state index contributed by atoms with van der Waals surface area (Å²) in [5, 5.41) is 0. The van der Waals surface area contributed by atoms with Crippen molar-refractivity contribution in [3.63, 3.8) is 0 Å². The highest BCUT2D eigenvalue weighted by atomic mass is 16.5. The third kappa shape index (κ3) is 3.89. The van der Waals surface area contributed by atoms with E-state index >= 15 is 0 Å². The van der Waals surface area contributed by atoms with Gasteiger partial charge in [-0.2, -0.15) is 0 Å². The summed E-state index contributed by atoms with van der Waals surface area (Å²) in [5.41, 5.74) is 2.13. The van der Waals surface area contributed by atoms with Crippen molar-refractivity contribution in [1.82, 2.24) is 9.80 Å². The van der Waals surface area contributed by atoms with Crippen molar-refractivity contribution in [1.29, 1.82) is 0 Å². The average molecular weight is 391 g/mol. The maximum Gasteiger partial charge on any atom is 0.261 e. The molecule has 150 valence electrons. The Kier molecular flexibility index (Phi) is 5.62. The molecule has 2 aromatic rings. The Morgan fingerprint density at radius 3 is 2.07 bits per heavy atom. The van der Waals surface area contributed by atoms with E-state index < -0.39 is 0 Å². The molecule has 0 aromatic heterocycles. The molecule has 29 heavy (non-hydrogen) atoms. The maximum absolute atomic E-state index is 12.4. The summed E-state index contributed by atoms with van der Waals surface area (Å²) in [5.74, 6) is 0.489. The molecule has 1 fully saturated rings. The molecule has 2 heterocycles. The molecule has 0 saturated carbocycles. The number of rotatable bonds is 6. The molecule has 2 aliphatic rings. The molecule has 6 nitrogen and oxygen atoms in total. The van der Waals surface area contributed by atoms with Crippen molar-refractivity contribution in [3.05, 3.63) is 71.8 Å². The van der Waals surface area contributed by atoms with Crippen LogP contribution >= 0.6 is 0 Å². The number of benzene rings is 2. The van der Waals surface area contributed by atoms with Crippen molar-refractivity contribution in [2.24, 2.45) is 0 Å². The van der Waals surface area contributed by atoms with Crippen LogP contribution in [0.3, 0.4) is 0 Å². The second kappa shape index (κ2) is 8.49. The topological polar surface area (TPSA) is 53.1 Å². The monoisotopic (exact) mass is 391 g/mol. The smallest absolute Gasteiger partial charge is 0.261 e. The van der Waals surface area contributed by atoms with Crippen LogP contribution in [0.1, 0.15) is 20.7 Å². The van der Waals surface area contributed by atoms with E-state index in [1.165, 1.54) is 4.90 Å². The predicted molar refractivity (Wildman–Crippen MR) is 113 cm³/mol. The highest BCUT2D eigenvalue weighted by Crippen LogP contribution is 2.28. The molecule has 0 spiro atoms. The number of anilines is 1. The highest BCUT2D eigenvalue weighted by molar-refractivity contribution is 6.21. The van der Waals surface area contributed by atoms with Crippen molar-refractivity contribution in [3.8, 4) is 5.75 Å². The Morgan fingerprint density at radius 1 is 0.828 bits per heavy atom. The zero-order valence-corrected chi connectivity index (χ0v) is 16.6. The van der Waals surface area contributed by atoms with Crippen LogP contribution in [0.25, 0.3) is 0 Å². The van der Waals surface area contributed by atoms with Crippen molar-refractivity contribution in [2.45, 2.75) is 0 Å². The number of carbonyl (C=O) groups is 2. The lowest BCUT2D eigenvalue weighted by molar-refractivity contribution is 0.0672. The largest absolute Gasteiger partial charge is 0.495 e. The predicted octanol–water partition coefficient (Wildman–Crippen LogP) is 2.67. The van der Waals surface area contributed by atoms with E-state index in [4.69, 9.17) is 4.74 Å². The minimum Gasteiger partial charge on any atom is -0.495 e. The second-order valence-electron chi connectivity index (χ2n) is 7.20. The summed E-state index contributed by atoms with van der Waals surface area (Å²) in [6.07, 6.45) is 3.95. The molecule has 0 aliphatic carbocycles. The van der Waals surface area contributed by atoms with Gasteiger partial charge in [0.05, 0.1) is 23.9 Å². The standard InChI is InChI=1S/C23H25N3O3/c1-29-21-11-5-4-10-20(21)25-16-14-24(15-17-25)12-6-7-13-26-22(27)18-8-2-3-9-19(18)23(26)28/h2-11H,12-17H2,1H3. The van der Waals surface area contributed by atoms with Gasteiger partial charge in [0.25, 0.3) is 11.8 Å². The van der Waals surface area contributed by atoms with Crippen molar-refractivity contribution in [2.75, 3.05) is 51.3 Å². The SMILES string of the molecule is COc1ccccc1N1CCN(CC=CCN2C(=O)c3ccccc3C2=O)CC1. The molecular formula is C23H25N3O3. The number of carbonyl (C=O) groups excluding carboxylic acids is 2. The van der Waals surface area contributed by atoms with Crippen molar-refractivity contribution >= 4 is 17.5 Å². The minimum absolute atomic E-state index is 0.208. The lowest BCUT2D eigenvalue weighted by Gasteiger charge is -2.36. The maximum atomic E-state index is 12.4. The molecule has 2 aliphatic heterocycles. The lowest BCUT2D eigenvalue weighted by atomic mass is 10.1. The Bertz CT molecular complexity index is 897. The molecule has 0 atom stereocenters. The molecule has 0 N–H and O–H groups in total. The summed E-state index contributed by atoms with van der Waals surface area (Å²) in [6.45, 7) is 4.90. The zero-order valence-electron chi connectivity index (χ0n) is 16.6. The fourth-order valence-electron chi connectivity index (χ4n) is 3.87. The lowest BCUT2D eigenvalue weighted by Crippen LogP contribution is -2.46. The van der Waals surface area contributed by atoms with Crippen LogP contribution in [0.4, 0.5) is 5.69 Å². The van der Waals surface area contributed by atoms with Gasteiger partial charge in [-0.25, -0.2) is 0 Å². The molecule has 1 saturated heterocycles. The number of fused-ring (bicyclic) bond motifs is 1. The third-order valence-corrected chi connectivity index (χ3v) is 5.49. The van der Waals surface area contributed by atoms with Crippen molar-refractivity contribution < 1.29 is 14.3 Å². The number of piperazine rings is 1. The summed E-state index contributed by atoms with van der Waals surface area (Å²) in [7, 11) is 1.70. The van der Waals surface area contributed by atoms with Crippen LogP contribution in [-0.4, -0.2) is 68.0 Å². The van der Waals surface area contributed by atoms with E-state index in [-0.39, 0.29) is 11.8 Å². The van der Waals surface area contributed by atoms with Crippen LogP contribution in [-0.2, 0) is 0 Å². The molecule has 0 unspecified atom stereocenters. The molecule has 2 amide bonds. The number of imide groups is 1. The van der Waals surface area contributed by atoms with Gasteiger partial charge in [-0.15, -0.1) is 0 Å². The highest BCUT2D eigenvalue weighted by Gasteiger charge is 2.34. The number of hydrogen-bond acceptors (Lipinski definition) is 5. The summed E-state index contributed by atoms with van der Waals surface area (Å²) in [4.78, 5) is 30.8. The van der Waals surface area contributed by atoms with Crippen LogP contribution < -0.4 is 9.64 Å². The average Bonchev–Trinajstić information content (AvgIpc) is 3.02. The van der Waals surface area contributed by atoms with Crippen LogP contribution in [0.5, 0.6) is 5.75 Å². The first kappa shape index (κ1) is 19.2. The number of amides is 2. The van der Waals surface area contributed by atoms with Gasteiger partial charge in [0, 0.05) is 39.3 Å². The molecule has 6 heteroatoms. The molecule has 0 radical (unpaired) electrons. The van der Waals surface area contributed by atoms with E-state index in [9.17, 15) is 9.59 Å². The molecule has 4 rings (SSSR count). The zero-order chi connectivity index (χ0) is 20.2. The first-order chi connectivity index (χ1) is 14.2. The number of methoxy groups -OCH3 is 1. The van der Waals surface area contributed by atoms with Crippen LogP contribution in [0.2, 0.25) is 0 Å².